The first-order chi connectivity index (χ1) is 5.27. The van der Waals surface area contributed by atoms with Crippen LogP contribution in [0.15, 0.2) is 12.1 Å². The average Bonchev–Trinajstić information content (AvgIpc) is 2.04. The van der Waals surface area contributed by atoms with Crippen molar-refractivity contribution >= 4 is 15.9 Å². The Bertz CT molecular complexity index is 254. The number of halogens is 2. The first-order valence-corrected chi connectivity index (χ1v) is 4.15. The predicted octanol–water partition coefficient (Wildman–Crippen LogP) is 2.12. The molecule has 11 heavy (non-hydrogen) atoms. The van der Waals surface area contributed by atoms with Crippen LogP contribution in [0.1, 0.15) is 5.69 Å². The Kier molecular flexibility index (Phi) is 2.82. The lowest BCUT2D eigenvalue weighted by Gasteiger charge is -2.03. The highest BCUT2D eigenvalue weighted by atomic mass is 79.9. The molecule has 0 amide bonds. The van der Waals surface area contributed by atoms with Gasteiger partial charge in [0.25, 0.3) is 0 Å². The van der Waals surface area contributed by atoms with Crippen LogP contribution in [-0.4, -0.2) is 12.1 Å². The zero-order valence-electron chi connectivity index (χ0n) is 5.97. The monoisotopic (exact) mass is 219 g/mol. The first-order valence-electron chi connectivity index (χ1n) is 3.03. The summed E-state index contributed by atoms with van der Waals surface area (Å²) >= 11 is 3.17. The molecule has 1 aromatic rings. The van der Waals surface area contributed by atoms with Gasteiger partial charge in [-0.25, -0.2) is 4.98 Å². The summed E-state index contributed by atoms with van der Waals surface area (Å²) in [6.45, 7) is 0. The van der Waals surface area contributed by atoms with Crippen molar-refractivity contribution < 1.29 is 9.13 Å². The van der Waals surface area contributed by atoms with Crippen LogP contribution in [0.25, 0.3) is 0 Å². The van der Waals surface area contributed by atoms with Crippen LogP contribution in [0.2, 0.25) is 0 Å². The van der Waals surface area contributed by atoms with Gasteiger partial charge in [-0.3, -0.25) is 0 Å². The summed E-state index contributed by atoms with van der Waals surface area (Å²) in [7, 11) is 1.53. The molecule has 0 saturated carbocycles. The highest BCUT2D eigenvalue weighted by Gasteiger charge is 2.03. The highest BCUT2D eigenvalue weighted by Crippen LogP contribution is 2.18. The zero-order valence-corrected chi connectivity index (χ0v) is 7.56. The van der Waals surface area contributed by atoms with E-state index >= 15 is 0 Å². The van der Waals surface area contributed by atoms with Gasteiger partial charge in [-0.2, -0.15) is 4.39 Å². The molecule has 0 fully saturated rings. The molecule has 0 aromatic carbocycles. The molecular weight excluding hydrogens is 213 g/mol. The smallest absolute Gasteiger partial charge is 0.213 e. The highest BCUT2D eigenvalue weighted by molar-refractivity contribution is 9.08. The zero-order chi connectivity index (χ0) is 8.27. The normalized spacial score (nSPS) is 9.73. The van der Waals surface area contributed by atoms with Crippen molar-refractivity contribution in [1.29, 1.82) is 0 Å². The number of methoxy groups -OCH3 is 1. The fourth-order valence-electron chi connectivity index (χ4n) is 0.744. The molecule has 0 aliphatic rings. The molecule has 1 rings (SSSR count). The van der Waals surface area contributed by atoms with Crippen molar-refractivity contribution in [3.8, 4) is 5.75 Å². The maximum absolute atomic E-state index is 12.5. The van der Waals surface area contributed by atoms with E-state index in [2.05, 4.69) is 20.9 Å². The minimum Gasteiger partial charge on any atom is -0.495 e. The minimum absolute atomic E-state index is 0.486. The maximum Gasteiger partial charge on any atom is 0.213 e. The third kappa shape index (κ3) is 1.89. The van der Waals surface area contributed by atoms with Crippen LogP contribution in [-0.2, 0) is 5.33 Å². The van der Waals surface area contributed by atoms with Crippen LogP contribution in [0.3, 0.4) is 0 Å². The van der Waals surface area contributed by atoms with E-state index in [9.17, 15) is 4.39 Å². The second-order valence-corrected chi connectivity index (χ2v) is 2.48. The Hall–Kier alpha value is -0.640. The van der Waals surface area contributed by atoms with Gasteiger partial charge in [0.05, 0.1) is 12.8 Å². The van der Waals surface area contributed by atoms with Crippen molar-refractivity contribution in [1.82, 2.24) is 4.98 Å². The molecule has 0 saturated heterocycles. The van der Waals surface area contributed by atoms with Gasteiger partial charge in [0.1, 0.15) is 5.75 Å². The maximum atomic E-state index is 12.5. The summed E-state index contributed by atoms with van der Waals surface area (Å²) in [5.41, 5.74) is 0.576. The molecule has 1 aromatic heterocycles. The Labute approximate surface area is 72.5 Å². The lowest BCUT2D eigenvalue weighted by molar-refractivity contribution is 0.405. The Balaban J connectivity index is 3.06. The molecule has 1 heterocycles. The quantitative estimate of drug-likeness (QED) is 0.562. The summed E-state index contributed by atoms with van der Waals surface area (Å²) < 4.78 is 17.4. The minimum atomic E-state index is -0.486. The summed E-state index contributed by atoms with van der Waals surface area (Å²) in [6, 6.07) is 2.82. The number of alkyl halides is 1. The standard InChI is InChI=1S/C7H7BrFNO/c1-11-6-2-3-7(9)10-5(6)4-8/h2-3H,4H2,1H3. The number of hydrogen-bond donors (Lipinski definition) is 0. The average molecular weight is 220 g/mol. The van der Waals surface area contributed by atoms with Gasteiger partial charge in [-0.15, -0.1) is 0 Å². The lowest BCUT2D eigenvalue weighted by atomic mass is 10.3. The second kappa shape index (κ2) is 3.67. The molecule has 0 aliphatic heterocycles. The van der Waals surface area contributed by atoms with Crippen molar-refractivity contribution in [2.24, 2.45) is 0 Å². The molecule has 0 aliphatic carbocycles. The van der Waals surface area contributed by atoms with Gasteiger partial charge in [0.2, 0.25) is 5.95 Å². The van der Waals surface area contributed by atoms with E-state index in [0.717, 1.165) is 0 Å². The molecule has 2 nitrogen and oxygen atoms in total. The molecule has 0 radical (unpaired) electrons. The molecule has 0 spiro atoms. The van der Waals surface area contributed by atoms with E-state index in [1.807, 2.05) is 0 Å². The van der Waals surface area contributed by atoms with Crippen LogP contribution in [0, 0.1) is 5.95 Å². The summed E-state index contributed by atoms with van der Waals surface area (Å²) in [5, 5.41) is 0.494. The summed E-state index contributed by atoms with van der Waals surface area (Å²) in [6.07, 6.45) is 0. The van der Waals surface area contributed by atoms with Gasteiger partial charge >= 0.3 is 0 Å². The Morgan fingerprint density at radius 2 is 2.36 bits per heavy atom. The molecule has 0 N–H and O–H groups in total. The van der Waals surface area contributed by atoms with Crippen molar-refractivity contribution in [3.05, 3.63) is 23.8 Å². The summed E-state index contributed by atoms with van der Waals surface area (Å²) in [5.74, 6) is 0.114. The molecule has 0 unspecified atom stereocenters. The van der Waals surface area contributed by atoms with Crippen molar-refractivity contribution in [2.75, 3.05) is 7.11 Å². The van der Waals surface area contributed by atoms with Gasteiger partial charge in [-0.05, 0) is 12.1 Å². The van der Waals surface area contributed by atoms with E-state index < -0.39 is 5.95 Å². The number of hydrogen-bond acceptors (Lipinski definition) is 2. The van der Waals surface area contributed by atoms with Gasteiger partial charge in [-0.1, -0.05) is 15.9 Å². The largest absolute Gasteiger partial charge is 0.495 e. The van der Waals surface area contributed by atoms with E-state index in [1.165, 1.54) is 13.2 Å². The first kappa shape index (κ1) is 8.46. The van der Waals surface area contributed by atoms with Crippen LogP contribution >= 0.6 is 15.9 Å². The number of nitrogens with zero attached hydrogens (tertiary/aromatic N) is 1. The molecule has 4 heteroatoms. The predicted molar refractivity (Wildman–Crippen MR) is 43.4 cm³/mol. The SMILES string of the molecule is COc1ccc(F)nc1CBr. The van der Waals surface area contributed by atoms with E-state index in [-0.39, 0.29) is 0 Å². The molecule has 0 atom stereocenters. The number of ether oxygens (including phenoxy) is 1. The molecule has 60 valence electrons. The second-order valence-electron chi connectivity index (χ2n) is 1.92. The number of pyridine rings is 1. The lowest BCUT2D eigenvalue weighted by Crippen LogP contribution is -1.94. The molecular formula is C7H7BrFNO. The van der Waals surface area contributed by atoms with E-state index in [1.54, 1.807) is 6.07 Å². The van der Waals surface area contributed by atoms with Gasteiger partial charge in [0.15, 0.2) is 0 Å². The van der Waals surface area contributed by atoms with Gasteiger partial charge in [0, 0.05) is 5.33 Å². The van der Waals surface area contributed by atoms with Crippen LogP contribution in [0.4, 0.5) is 4.39 Å². The van der Waals surface area contributed by atoms with Crippen molar-refractivity contribution in [2.45, 2.75) is 5.33 Å². The summed E-state index contributed by atoms with van der Waals surface area (Å²) in [4.78, 5) is 3.62. The van der Waals surface area contributed by atoms with Gasteiger partial charge < -0.3 is 4.74 Å². The van der Waals surface area contributed by atoms with E-state index in [4.69, 9.17) is 4.74 Å². The number of aromatic nitrogens is 1. The topological polar surface area (TPSA) is 22.1 Å². The Morgan fingerprint density at radius 1 is 1.64 bits per heavy atom. The van der Waals surface area contributed by atoms with E-state index in [0.29, 0.717) is 16.8 Å². The number of rotatable bonds is 2. The molecule has 0 bridgehead atoms. The fraction of sp³-hybridized carbons (Fsp3) is 0.286. The van der Waals surface area contributed by atoms with Crippen LogP contribution < -0.4 is 4.74 Å². The Morgan fingerprint density at radius 3 is 2.91 bits per heavy atom. The van der Waals surface area contributed by atoms with Crippen LogP contribution in [0.5, 0.6) is 5.75 Å². The van der Waals surface area contributed by atoms with Crippen molar-refractivity contribution in [3.63, 3.8) is 0 Å². The fourth-order valence-corrected chi connectivity index (χ4v) is 1.15. The third-order valence-electron chi connectivity index (χ3n) is 1.24. The third-order valence-corrected chi connectivity index (χ3v) is 1.78.